The lowest BCUT2D eigenvalue weighted by Gasteiger charge is -2.29. The molecule has 19 heavy (non-hydrogen) atoms. The van der Waals surface area contributed by atoms with Gasteiger partial charge in [-0.1, -0.05) is 45.9 Å². The van der Waals surface area contributed by atoms with E-state index in [1.807, 2.05) is 30.3 Å². The summed E-state index contributed by atoms with van der Waals surface area (Å²) in [5, 5.41) is 3.55. The average Bonchev–Trinajstić information content (AvgIpc) is 2.43. The highest BCUT2D eigenvalue weighted by Gasteiger charge is 2.21. The molecular weight excluding hydrogens is 234 g/mol. The summed E-state index contributed by atoms with van der Waals surface area (Å²) in [6.45, 7) is 10.9. The van der Waals surface area contributed by atoms with E-state index in [0.717, 1.165) is 25.3 Å². The largest absolute Gasteiger partial charge is 0.494 e. The molecule has 0 aliphatic carbocycles. The maximum atomic E-state index is 5.75. The highest BCUT2D eigenvalue weighted by Crippen LogP contribution is 2.26. The summed E-state index contributed by atoms with van der Waals surface area (Å²) in [6, 6.07) is 10.6. The summed E-state index contributed by atoms with van der Waals surface area (Å²) in [5.74, 6) is 0.973. The van der Waals surface area contributed by atoms with Gasteiger partial charge >= 0.3 is 0 Å². The number of hydrogen-bond acceptors (Lipinski definition) is 2. The van der Waals surface area contributed by atoms with Gasteiger partial charge in [0.1, 0.15) is 5.75 Å². The Hall–Kier alpha value is -1.02. The summed E-state index contributed by atoms with van der Waals surface area (Å²) >= 11 is 0. The minimum Gasteiger partial charge on any atom is -0.494 e. The van der Waals surface area contributed by atoms with E-state index >= 15 is 0 Å². The molecule has 0 fully saturated rings. The second kappa shape index (κ2) is 8.21. The van der Waals surface area contributed by atoms with Crippen molar-refractivity contribution in [2.24, 2.45) is 5.41 Å². The van der Waals surface area contributed by atoms with E-state index in [2.05, 4.69) is 33.0 Å². The Morgan fingerprint density at radius 3 is 2.47 bits per heavy atom. The van der Waals surface area contributed by atoms with Crippen LogP contribution >= 0.6 is 0 Å². The molecule has 0 spiro atoms. The fourth-order valence-electron chi connectivity index (χ4n) is 2.05. The quantitative estimate of drug-likeness (QED) is 0.672. The fraction of sp³-hybridized carbons (Fsp3) is 0.647. The third-order valence-corrected chi connectivity index (χ3v) is 3.73. The van der Waals surface area contributed by atoms with Crippen LogP contribution in [0, 0.1) is 5.41 Å². The van der Waals surface area contributed by atoms with Crippen LogP contribution in [0.4, 0.5) is 0 Å². The van der Waals surface area contributed by atoms with E-state index in [9.17, 15) is 0 Å². The molecule has 0 radical (unpaired) electrons. The number of rotatable bonds is 9. The number of hydrogen-bond donors (Lipinski definition) is 1. The summed E-state index contributed by atoms with van der Waals surface area (Å²) in [6.07, 6.45) is 3.52. The van der Waals surface area contributed by atoms with Crippen LogP contribution in [0.25, 0.3) is 0 Å². The lowest BCUT2D eigenvalue weighted by atomic mass is 9.82. The van der Waals surface area contributed by atoms with Gasteiger partial charge in [-0.15, -0.1) is 0 Å². The predicted octanol–water partition coefficient (Wildman–Crippen LogP) is 4.26. The zero-order valence-corrected chi connectivity index (χ0v) is 12.9. The highest BCUT2D eigenvalue weighted by molar-refractivity contribution is 5.20. The fourth-order valence-corrected chi connectivity index (χ4v) is 2.05. The summed E-state index contributed by atoms with van der Waals surface area (Å²) < 4.78 is 5.75. The molecule has 2 nitrogen and oxygen atoms in total. The summed E-state index contributed by atoms with van der Waals surface area (Å²) in [5.41, 5.74) is 0.379. The maximum Gasteiger partial charge on any atom is 0.119 e. The van der Waals surface area contributed by atoms with E-state index in [-0.39, 0.29) is 0 Å². The molecule has 0 saturated carbocycles. The second-order valence-electron chi connectivity index (χ2n) is 5.96. The molecule has 1 atom stereocenters. The van der Waals surface area contributed by atoms with Gasteiger partial charge in [-0.05, 0) is 36.8 Å². The van der Waals surface area contributed by atoms with Gasteiger partial charge in [-0.3, -0.25) is 0 Å². The Bertz CT molecular complexity index is 336. The van der Waals surface area contributed by atoms with Crippen molar-refractivity contribution in [1.29, 1.82) is 0 Å². The first-order chi connectivity index (χ1) is 9.06. The molecule has 0 heterocycles. The van der Waals surface area contributed by atoms with Crippen LogP contribution in [0.3, 0.4) is 0 Å². The van der Waals surface area contributed by atoms with Crippen molar-refractivity contribution in [2.45, 2.75) is 53.0 Å². The molecule has 0 aliphatic heterocycles. The average molecular weight is 263 g/mol. The van der Waals surface area contributed by atoms with Crippen LogP contribution in [-0.2, 0) is 0 Å². The van der Waals surface area contributed by atoms with Gasteiger partial charge in [-0.2, -0.15) is 0 Å². The van der Waals surface area contributed by atoms with Crippen LogP contribution in [0.15, 0.2) is 30.3 Å². The van der Waals surface area contributed by atoms with Crippen molar-refractivity contribution in [2.75, 3.05) is 13.2 Å². The Labute approximate surface area is 118 Å². The van der Waals surface area contributed by atoms with Gasteiger partial charge in [-0.25, -0.2) is 0 Å². The molecule has 1 N–H and O–H groups in total. The number of nitrogens with one attached hydrogen (secondary N) is 1. The standard InChI is InChI=1S/C17H29NO/c1-5-17(4,14-18-15(2)3)12-9-13-19-16-10-7-6-8-11-16/h6-8,10-11,15,18H,5,9,12-14H2,1-4H3. The SMILES string of the molecule is CCC(C)(CCCOc1ccccc1)CNC(C)C. The van der Waals surface area contributed by atoms with E-state index < -0.39 is 0 Å². The Morgan fingerprint density at radius 1 is 1.21 bits per heavy atom. The van der Waals surface area contributed by atoms with E-state index in [0.29, 0.717) is 11.5 Å². The molecular formula is C17H29NO. The second-order valence-corrected chi connectivity index (χ2v) is 5.96. The van der Waals surface area contributed by atoms with Gasteiger partial charge in [0.25, 0.3) is 0 Å². The van der Waals surface area contributed by atoms with Gasteiger partial charge < -0.3 is 10.1 Å². The zero-order valence-electron chi connectivity index (χ0n) is 12.9. The number of benzene rings is 1. The van der Waals surface area contributed by atoms with Crippen LogP contribution in [0.5, 0.6) is 5.75 Å². The maximum absolute atomic E-state index is 5.75. The van der Waals surface area contributed by atoms with Gasteiger partial charge in [0, 0.05) is 12.6 Å². The number of para-hydroxylation sites is 1. The minimum absolute atomic E-state index is 0.379. The predicted molar refractivity (Wildman–Crippen MR) is 82.7 cm³/mol. The molecule has 1 aromatic carbocycles. The molecule has 0 bridgehead atoms. The zero-order chi connectivity index (χ0) is 14.1. The minimum atomic E-state index is 0.379. The normalized spacial score (nSPS) is 14.4. The van der Waals surface area contributed by atoms with Gasteiger partial charge in [0.15, 0.2) is 0 Å². The Balaban J connectivity index is 2.25. The highest BCUT2D eigenvalue weighted by atomic mass is 16.5. The lowest BCUT2D eigenvalue weighted by Crippen LogP contribution is -2.35. The van der Waals surface area contributed by atoms with Crippen molar-refractivity contribution in [3.05, 3.63) is 30.3 Å². The van der Waals surface area contributed by atoms with Gasteiger partial charge in [0.05, 0.1) is 6.61 Å². The van der Waals surface area contributed by atoms with Crippen molar-refractivity contribution in [3.8, 4) is 5.75 Å². The first-order valence-electron chi connectivity index (χ1n) is 7.47. The monoisotopic (exact) mass is 263 g/mol. The van der Waals surface area contributed by atoms with Crippen LogP contribution < -0.4 is 10.1 Å². The first-order valence-corrected chi connectivity index (χ1v) is 7.47. The van der Waals surface area contributed by atoms with Crippen molar-refractivity contribution in [3.63, 3.8) is 0 Å². The molecule has 108 valence electrons. The lowest BCUT2D eigenvalue weighted by molar-refractivity contribution is 0.222. The topological polar surface area (TPSA) is 21.3 Å². The Morgan fingerprint density at radius 2 is 1.89 bits per heavy atom. The van der Waals surface area contributed by atoms with Crippen molar-refractivity contribution < 1.29 is 4.74 Å². The third kappa shape index (κ3) is 6.63. The molecule has 2 heteroatoms. The summed E-state index contributed by atoms with van der Waals surface area (Å²) in [4.78, 5) is 0. The third-order valence-electron chi connectivity index (χ3n) is 3.73. The molecule has 0 aromatic heterocycles. The molecule has 1 rings (SSSR count). The number of ether oxygens (including phenoxy) is 1. The molecule has 0 amide bonds. The first kappa shape index (κ1) is 16.0. The molecule has 1 aromatic rings. The van der Waals surface area contributed by atoms with Gasteiger partial charge in [0.2, 0.25) is 0 Å². The van der Waals surface area contributed by atoms with Crippen LogP contribution in [0.1, 0.15) is 47.0 Å². The molecule has 0 saturated heterocycles. The smallest absolute Gasteiger partial charge is 0.119 e. The Kier molecular flexibility index (Phi) is 6.93. The van der Waals surface area contributed by atoms with Crippen molar-refractivity contribution >= 4 is 0 Å². The van der Waals surface area contributed by atoms with E-state index in [1.54, 1.807) is 0 Å². The van der Waals surface area contributed by atoms with Crippen LogP contribution in [0.2, 0.25) is 0 Å². The van der Waals surface area contributed by atoms with E-state index in [1.165, 1.54) is 12.8 Å². The molecule has 0 aliphatic rings. The van der Waals surface area contributed by atoms with E-state index in [4.69, 9.17) is 4.74 Å². The molecule has 1 unspecified atom stereocenters. The summed E-state index contributed by atoms with van der Waals surface area (Å²) in [7, 11) is 0. The van der Waals surface area contributed by atoms with Crippen molar-refractivity contribution in [1.82, 2.24) is 5.32 Å². The van der Waals surface area contributed by atoms with Crippen LogP contribution in [-0.4, -0.2) is 19.2 Å².